The van der Waals surface area contributed by atoms with E-state index in [4.69, 9.17) is 4.74 Å². The summed E-state index contributed by atoms with van der Waals surface area (Å²) in [5.41, 5.74) is 1.73. The zero-order chi connectivity index (χ0) is 21.9. The normalized spacial score (nSPS) is 17.6. The van der Waals surface area contributed by atoms with Crippen LogP contribution in [0.3, 0.4) is 0 Å². The summed E-state index contributed by atoms with van der Waals surface area (Å²) in [6.45, 7) is 5.28. The minimum absolute atomic E-state index is 0.125. The number of hydrogen-bond donors (Lipinski definition) is 0. The Morgan fingerprint density at radius 1 is 0.938 bits per heavy atom. The molecule has 2 aromatic heterocycles. The molecule has 166 valence electrons. The van der Waals surface area contributed by atoms with E-state index in [0.29, 0.717) is 75.4 Å². The minimum atomic E-state index is -0.147. The number of rotatable bonds is 4. The monoisotopic (exact) mass is 452 g/mol. The highest BCUT2D eigenvalue weighted by molar-refractivity contribution is 7.21. The van der Waals surface area contributed by atoms with Crippen LogP contribution >= 0.6 is 11.3 Å². The lowest BCUT2D eigenvalue weighted by Crippen LogP contribution is -2.52. The largest absolute Gasteiger partial charge is 0.378 e. The highest BCUT2D eigenvalue weighted by Gasteiger charge is 2.28. The SMILES string of the molecule is O=C(CN1CCN(C(=O)c2nccnc2-c2nc3ccccc3s2)CC1)N1CCOCC1. The molecule has 1 aromatic carbocycles. The summed E-state index contributed by atoms with van der Waals surface area (Å²) >= 11 is 1.51. The average Bonchev–Trinajstić information content (AvgIpc) is 3.29. The molecule has 0 aliphatic carbocycles. The zero-order valence-corrected chi connectivity index (χ0v) is 18.5. The van der Waals surface area contributed by atoms with Crippen molar-refractivity contribution in [2.75, 3.05) is 59.0 Å². The summed E-state index contributed by atoms with van der Waals surface area (Å²) in [6.07, 6.45) is 3.13. The number of para-hydroxylation sites is 1. The van der Waals surface area contributed by atoms with Gasteiger partial charge in [0.05, 0.1) is 30.0 Å². The average molecular weight is 453 g/mol. The van der Waals surface area contributed by atoms with E-state index in [-0.39, 0.29) is 11.8 Å². The molecule has 0 unspecified atom stereocenters. The predicted octanol–water partition coefficient (Wildman–Crippen LogP) is 1.37. The molecule has 0 bridgehead atoms. The molecule has 5 rings (SSSR count). The van der Waals surface area contributed by atoms with Crippen LogP contribution in [0, 0.1) is 0 Å². The number of amides is 2. The van der Waals surface area contributed by atoms with Crippen LogP contribution in [0.2, 0.25) is 0 Å². The van der Waals surface area contributed by atoms with Gasteiger partial charge in [-0.3, -0.25) is 14.5 Å². The third-order valence-corrected chi connectivity index (χ3v) is 6.82. The molecule has 2 amide bonds. The molecule has 0 spiro atoms. The van der Waals surface area contributed by atoms with Crippen LogP contribution in [-0.2, 0) is 9.53 Å². The number of carbonyl (C=O) groups is 2. The Balaban J connectivity index is 1.25. The van der Waals surface area contributed by atoms with Crippen molar-refractivity contribution >= 4 is 33.4 Å². The number of fused-ring (bicyclic) bond motifs is 1. The minimum Gasteiger partial charge on any atom is -0.378 e. The van der Waals surface area contributed by atoms with Gasteiger partial charge < -0.3 is 14.5 Å². The first-order valence-electron chi connectivity index (χ1n) is 10.7. The van der Waals surface area contributed by atoms with Crippen LogP contribution in [0.4, 0.5) is 0 Å². The Morgan fingerprint density at radius 3 is 2.47 bits per heavy atom. The van der Waals surface area contributed by atoms with Gasteiger partial charge in [-0.1, -0.05) is 12.1 Å². The van der Waals surface area contributed by atoms with Gasteiger partial charge >= 0.3 is 0 Å². The molecule has 0 N–H and O–H groups in total. The first kappa shape index (κ1) is 20.9. The van der Waals surface area contributed by atoms with E-state index in [0.717, 1.165) is 10.2 Å². The van der Waals surface area contributed by atoms with E-state index in [1.54, 1.807) is 17.3 Å². The number of ether oxygens (including phenoxy) is 1. The zero-order valence-electron chi connectivity index (χ0n) is 17.6. The Bertz CT molecular complexity index is 1090. The quantitative estimate of drug-likeness (QED) is 0.590. The van der Waals surface area contributed by atoms with E-state index in [2.05, 4.69) is 19.9 Å². The van der Waals surface area contributed by atoms with Gasteiger partial charge in [0.25, 0.3) is 5.91 Å². The van der Waals surface area contributed by atoms with Crippen molar-refractivity contribution in [1.82, 2.24) is 29.7 Å². The van der Waals surface area contributed by atoms with Gasteiger partial charge in [0.1, 0.15) is 10.7 Å². The van der Waals surface area contributed by atoms with Gasteiger partial charge in [0.15, 0.2) is 5.69 Å². The predicted molar refractivity (Wildman–Crippen MR) is 120 cm³/mol. The van der Waals surface area contributed by atoms with E-state index < -0.39 is 0 Å². The van der Waals surface area contributed by atoms with E-state index in [1.165, 1.54) is 11.3 Å². The van der Waals surface area contributed by atoms with E-state index in [9.17, 15) is 9.59 Å². The lowest BCUT2D eigenvalue weighted by molar-refractivity contribution is -0.136. The molecule has 4 heterocycles. The molecule has 32 heavy (non-hydrogen) atoms. The number of hydrogen-bond acceptors (Lipinski definition) is 8. The van der Waals surface area contributed by atoms with Crippen LogP contribution in [0.15, 0.2) is 36.7 Å². The Hall–Kier alpha value is -2.95. The second-order valence-corrected chi connectivity index (χ2v) is 8.83. The summed E-state index contributed by atoms with van der Waals surface area (Å²) in [5.74, 6) is -0.0216. The molecule has 2 aliphatic rings. The number of carbonyl (C=O) groups excluding carboxylic acids is 2. The second-order valence-electron chi connectivity index (χ2n) is 7.80. The maximum absolute atomic E-state index is 13.3. The first-order valence-corrected chi connectivity index (χ1v) is 11.5. The van der Waals surface area contributed by atoms with Crippen LogP contribution in [-0.4, -0.2) is 100 Å². The Labute approximate surface area is 189 Å². The molecule has 2 saturated heterocycles. The van der Waals surface area contributed by atoms with E-state index in [1.807, 2.05) is 29.2 Å². The summed E-state index contributed by atoms with van der Waals surface area (Å²) in [5, 5.41) is 0.692. The van der Waals surface area contributed by atoms with Gasteiger partial charge in [-0.05, 0) is 12.1 Å². The Morgan fingerprint density at radius 2 is 1.69 bits per heavy atom. The second kappa shape index (κ2) is 9.27. The molecule has 2 fully saturated rings. The molecule has 0 atom stereocenters. The fraction of sp³-hybridized carbons (Fsp3) is 0.409. The highest BCUT2D eigenvalue weighted by Crippen LogP contribution is 2.30. The van der Waals surface area contributed by atoms with Crippen LogP contribution in [0.25, 0.3) is 20.9 Å². The van der Waals surface area contributed by atoms with Crippen LogP contribution in [0.5, 0.6) is 0 Å². The third-order valence-electron chi connectivity index (χ3n) is 5.78. The van der Waals surface area contributed by atoms with Gasteiger partial charge in [-0.15, -0.1) is 11.3 Å². The molecular formula is C22H24N6O3S. The smallest absolute Gasteiger partial charge is 0.274 e. The number of morpholine rings is 1. The van der Waals surface area contributed by atoms with Crippen molar-refractivity contribution in [1.29, 1.82) is 0 Å². The van der Waals surface area contributed by atoms with Crippen LogP contribution < -0.4 is 0 Å². The number of benzene rings is 1. The number of nitrogens with zero attached hydrogens (tertiary/aromatic N) is 6. The van der Waals surface area contributed by atoms with Crippen molar-refractivity contribution < 1.29 is 14.3 Å². The number of piperazine rings is 1. The molecule has 0 radical (unpaired) electrons. The molecular weight excluding hydrogens is 428 g/mol. The fourth-order valence-electron chi connectivity index (χ4n) is 3.99. The van der Waals surface area contributed by atoms with Crippen LogP contribution in [0.1, 0.15) is 10.5 Å². The number of aromatic nitrogens is 3. The molecule has 2 aliphatic heterocycles. The lowest BCUT2D eigenvalue weighted by atomic mass is 10.2. The summed E-state index contributed by atoms with van der Waals surface area (Å²) in [4.78, 5) is 45.0. The molecule has 3 aromatic rings. The third kappa shape index (κ3) is 4.34. The molecule has 10 heteroatoms. The van der Waals surface area contributed by atoms with Gasteiger partial charge in [-0.2, -0.15) is 0 Å². The van der Waals surface area contributed by atoms with Crippen molar-refractivity contribution in [3.63, 3.8) is 0 Å². The van der Waals surface area contributed by atoms with Crippen molar-refractivity contribution in [2.45, 2.75) is 0 Å². The first-order chi connectivity index (χ1) is 15.7. The van der Waals surface area contributed by atoms with Gasteiger partial charge in [0, 0.05) is 51.7 Å². The highest BCUT2D eigenvalue weighted by atomic mass is 32.1. The van der Waals surface area contributed by atoms with E-state index >= 15 is 0 Å². The maximum atomic E-state index is 13.3. The lowest BCUT2D eigenvalue weighted by Gasteiger charge is -2.36. The maximum Gasteiger partial charge on any atom is 0.274 e. The Kier molecular flexibility index (Phi) is 6.06. The van der Waals surface area contributed by atoms with Gasteiger partial charge in [0.2, 0.25) is 5.91 Å². The summed E-state index contributed by atoms with van der Waals surface area (Å²) < 4.78 is 6.36. The number of thiazole rings is 1. The van der Waals surface area contributed by atoms with Crippen molar-refractivity contribution in [2.24, 2.45) is 0 Å². The van der Waals surface area contributed by atoms with Gasteiger partial charge in [-0.25, -0.2) is 15.0 Å². The summed E-state index contributed by atoms with van der Waals surface area (Å²) in [7, 11) is 0. The fourth-order valence-corrected chi connectivity index (χ4v) is 4.95. The topological polar surface area (TPSA) is 91.8 Å². The standard InChI is InChI=1S/C22H24N6O3S/c29-18(27-11-13-31-14-12-27)15-26-7-9-28(10-8-26)22(30)20-19(23-5-6-24-20)21-25-16-3-1-2-4-17(16)32-21/h1-6H,7-15H2. The molecule has 9 nitrogen and oxygen atoms in total. The van der Waals surface area contributed by atoms with Crippen molar-refractivity contribution in [3.05, 3.63) is 42.4 Å². The summed E-state index contributed by atoms with van der Waals surface area (Å²) in [6, 6.07) is 7.87. The molecule has 0 saturated carbocycles. The van der Waals surface area contributed by atoms with Crippen molar-refractivity contribution in [3.8, 4) is 10.7 Å².